The van der Waals surface area contributed by atoms with E-state index in [0.29, 0.717) is 33.4 Å². The molecule has 2 aromatic rings. The molecule has 3 rings (SSSR count). The molecule has 152 valence electrons. The molecule has 0 saturated carbocycles. The molecule has 29 heavy (non-hydrogen) atoms. The Morgan fingerprint density at radius 2 is 2.00 bits per heavy atom. The smallest absolute Gasteiger partial charge is 0.338 e. The van der Waals surface area contributed by atoms with Crippen LogP contribution in [0.5, 0.6) is 5.75 Å². The zero-order valence-electron chi connectivity index (χ0n) is 16.8. The van der Waals surface area contributed by atoms with Crippen molar-refractivity contribution in [3.63, 3.8) is 0 Å². The Kier molecular flexibility index (Phi) is 6.17. The first kappa shape index (κ1) is 20.8. The predicted octanol–water partition coefficient (Wildman–Crippen LogP) is 4.42. The van der Waals surface area contributed by atoms with Crippen molar-refractivity contribution in [2.45, 2.75) is 26.8 Å². The molecule has 5 nitrogen and oxygen atoms in total. The second-order valence-corrected chi connectivity index (χ2v) is 7.03. The zero-order chi connectivity index (χ0) is 21.1. The fraction of sp³-hybridized carbons (Fsp3) is 0.273. The number of thiocarbonyl (C=S) groups is 1. The SMILES string of the molecule is CCOC(=O)C1=C(C)N(c2ccc(C)c(F)c2)C(=S)NC1c1cccc(OC)c1. The third-order valence-corrected chi connectivity index (χ3v) is 5.12. The minimum absolute atomic E-state index is 0.240. The molecule has 1 unspecified atom stereocenters. The van der Waals surface area contributed by atoms with Crippen LogP contribution >= 0.6 is 12.2 Å². The Morgan fingerprint density at radius 3 is 2.66 bits per heavy atom. The van der Waals surface area contributed by atoms with Crippen LogP contribution in [0.2, 0.25) is 0 Å². The van der Waals surface area contributed by atoms with Crippen LogP contribution in [0.1, 0.15) is 31.0 Å². The van der Waals surface area contributed by atoms with Crippen molar-refractivity contribution >= 4 is 29.0 Å². The summed E-state index contributed by atoms with van der Waals surface area (Å²) in [7, 11) is 1.58. The van der Waals surface area contributed by atoms with E-state index >= 15 is 0 Å². The molecule has 1 heterocycles. The summed E-state index contributed by atoms with van der Waals surface area (Å²) in [6, 6.07) is 11.7. The zero-order valence-corrected chi connectivity index (χ0v) is 17.6. The van der Waals surface area contributed by atoms with E-state index in [-0.39, 0.29) is 12.4 Å². The van der Waals surface area contributed by atoms with Crippen molar-refractivity contribution in [2.75, 3.05) is 18.6 Å². The first-order valence-corrected chi connectivity index (χ1v) is 9.66. The number of halogens is 1. The second-order valence-electron chi connectivity index (χ2n) is 6.65. The molecule has 0 saturated heterocycles. The second kappa shape index (κ2) is 8.61. The lowest BCUT2D eigenvalue weighted by atomic mass is 9.94. The van der Waals surface area contributed by atoms with E-state index in [0.717, 1.165) is 5.56 Å². The van der Waals surface area contributed by atoms with Gasteiger partial charge in [-0.15, -0.1) is 0 Å². The third-order valence-electron chi connectivity index (χ3n) is 4.82. The van der Waals surface area contributed by atoms with Crippen LogP contribution in [-0.4, -0.2) is 24.8 Å². The highest BCUT2D eigenvalue weighted by atomic mass is 32.1. The quantitative estimate of drug-likeness (QED) is 0.578. The lowest BCUT2D eigenvalue weighted by Gasteiger charge is -2.37. The monoisotopic (exact) mass is 414 g/mol. The van der Waals surface area contributed by atoms with Crippen LogP contribution in [-0.2, 0) is 9.53 Å². The average molecular weight is 415 g/mol. The van der Waals surface area contributed by atoms with Gasteiger partial charge >= 0.3 is 5.97 Å². The van der Waals surface area contributed by atoms with Gasteiger partial charge in [-0.3, -0.25) is 4.90 Å². The van der Waals surface area contributed by atoms with Gasteiger partial charge in [0.2, 0.25) is 0 Å². The number of benzene rings is 2. The molecule has 0 amide bonds. The number of nitrogens with one attached hydrogen (secondary N) is 1. The molecule has 0 bridgehead atoms. The number of hydrogen-bond acceptors (Lipinski definition) is 4. The van der Waals surface area contributed by atoms with E-state index in [1.807, 2.05) is 24.3 Å². The number of methoxy groups -OCH3 is 1. The molecule has 0 radical (unpaired) electrons. The number of ether oxygens (including phenoxy) is 2. The molecule has 0 aliphatic carbocycles. The molecule has 7 heteroatoms. The Bertz CT molecular complexity index is 990. The molecule has 1 N–H and O–H groups in total. The standard InChI is InChI=1S/C22H23FN2O3S/c1-5-28-21(26)19-14(3)25(16-10-9-13(2)18(23)12-16)22(29)24-20(19)15-7-6-8-17(11-15)27-4/h6-12,20H,5H2,1-4H3,(H,24,29). The molecule has 2 aromatic carbocycles. The predicted molar refractivity (Wildman–Crippen MR) is 114 cm³/mol. The maximum atomic E-state index is 14.2. The topological polar surface area (TPSA) is 50.8 Å². The van der Waals surface area contributed by atoms with Gasteiger partial charge in [-0.2, -0.15) is 0 Å². The van der Waals surface area contributed by atoms with Crippen LogP contribution < -0.4 is 15.0 Å². The van der Waals surface area contributed by atoms with Crippen molar-refractivity contribution in [1.82, 2.24) is 5.32 Å². The van der Waals surface area contributed by atoms with E-state index < -0.39 is 12.0 Å². The molecule has 0 spiro atoms. The van der Waals surface area contributed by atoms with Gasteiger partial charge in [0, 0.05) is 5.70 Å². The number of hydrogen-bond donors (Lipinski definition) is 1. The number of aryl methyl sites for hydroxylation is 1. The molecule has 1 aliphatic rings. The summed E-state index contributed by atoms with van der Waals surface area (Å²) in [4.78, 5) is 14.5. The maximum absolute atomic E-state index is 14.2. The maximum Gasteiger partial charge on any atom is 0.338 e. The highest BCUT2D eigenvalue weighted by Gasteiger charge is 2.35. The summed E-state index contributed by atoms with van der Waals surface area (Å²) < 4.78 is 24.8. The molecule has 0 aromatic heterocycles. The van der Waals surface area contributed by atoms with E-state index in [1.54, 1.807) is 44.9 Å². The van der Waals surface area contributed by atoms with Crippen LogP contribution in [0.3, 0.4) is 0 Å². The largest absolute Gasteiger partial charge is 0.497 e. The van der Waals surface area contributed by atoms with Gasteiger partial charge < -0.3 is 14.8 Å². The van der Waals surface area contributed by atoms with Crippen LogP contribution in [0, 0.1) is 12.7 Å². The van der Waals surface area contributed by atoms with Crippen molar-refractivity contribution in [1.29, 1.82) is 0 Å². The normalized spacial score (nSPS) is 16.5. The fourth-order valence-corrected chi connectivity index (χ4v) is 3.68. The number of carbonyl (C=O) groups excluding carboxylic acids is 1. The van der Waals surface area contributed by atoms with Gasteiger partial charge in [0.15, 0.2) is 5.11 Å². The highest BCUT2D eigenvalue weighted by Crippen LogP contribution is 2.35. The lowest BCUT2D eigenvalue weighted by Crippen LogP contribution is -2.48. The Hall–Kier alpha value is -2.93. The van der Waals surface area contributed by atoms with Crippen LogP contribution in [0.15, 0.2) is 53.7 Å². The Morgan fingerprint density at radius 1 is 1.24 bits per heavy atom. The van der Waals surface area contributed by atoms with Gasteiger partial charge in [-0.1, -0.05) is 18.2 Å². The van der Waals surface area contributed by atoms with E-state index in [9.17, 15) is 9.18 Å². The highest BCUT2D eigenvalue weighted by molar-refractivity contribution is 7.80. The average Bonchev–Trinajstić information content (AvgIpc) is 2.70. The first-order valence-electron chi connectivity index (χ1n) is 9.26. The number of esters is 1. The minimum atomic E-state index is -0.511. The fourth-order valence-electron chi connectivity index (χ4n) is 3.32. The number of allylic oxidation sites excluding steroid dienone is 1. The third kappa shape index (κ3) is 4.10. The van der Waals surface area contributed by atoms with Gasteiger partial charge in [-0.05, 0) is 68.4 Å². The Balaban J connectivity index is 2.14. The summed E-state index contributed by atoms with van der Waals surface area (Å²) in [6.07, 6.45) is 0. The summed E-state index contributed by atoms with van der Waals surface area (Å²) in [5, 5.41) is 3.57. The van der Waals surface area contributed by atoms with Gasteiger partial charge in [0.25, 0.3) is 0 Å². The van der Waals surface area contributed by atoms with Crippen molar-refractivity contribution in [3.8, 4) is 5.75 Å². The molecular weight excluding hydrogens is 391 g/mol. The van der Waals surface area contributed by atoms with Gasteiger partial charge in [0.1, 0.15) is 11.6 Å². The molecule has 1 atom stereocenters. The van der Waals surface area contributed by atoms with E-state index in [4.69, 9.17) is 21.7 Å². The first-order chi connectivity index (χ1) is 13.9. The Labute approximate surface area is 175 Å². The van der Waals surface area contributed by atoms with Crippen molar-refractivity contribution in [2.24, 2.45) is 0 Å². The minimum Gasteiger partial charge on any atom is -0.497 e. The summed E-state index contributed by atoms with van der Waals surface area (Å²) >= 11 is 5.58. The number of carbonyl (C=O) groups is 1. The number of anilines is 1. The lowest BCUT2D eigenvalue weighted by molar-refractivity contribution is -0.139. The molecule has 0 fully saturated rings. The summed E-state index contributed by atoms with van der Waals surface area (Å²) in [5.74, 6) is -0.129. The van der Waals surface area contributed by atoms with Crippen molar-refractivity contribution in [3.05, 3.63) is 70.7 Å². The van der Waals surface area contributed by atoms with Crippen LogP contribution in [0.4, 0.5) is 10.1 Å². The summed E-state index contributed by atoms with van der Waals surface area (Å²) in [5.41, 5.74) is 2.88. The van der Waals surface area contributed by atoms with Gasteiger partial charge in [-0.25, -0.2) is 9.18 Å². The van der Waals surface area contributed by atoms with Gasteiger partial charge in [0.05, 0.1) is 31.0 Å². The number of rotatable bonds is 5. The van der Waals surface area contributed by atoms with Crippen molar-refractivity contribution < 1.29 is 18.7 Å². The van der Waals surface area contributed by atoms with E-state index in [2.05, 4.69) is 5.32 Å². The van der Waals surface area contributed by atoms with E-state index in [1.165, 1.54) is 6.07 Å². The number of nitrogens with zero attached hydrogens (tertiary/aromatic N) is 1. The molecule has 1 aliphatic heterocycles. The molecular formula is C22H23FN2O3S. The summed E-state index contributed by atoms with van der Waals surface area (Å²) in [6.45, 7) is 5.47. The van der Waals surface area contributed by atoms with Crippen LogP contribution in [0.25, 0.3) is 0 Å².